The molecule has 1 unspecified atom stereocenters. The summed E-state index contributed by atoms with van der Waals surface area (Å²) in [7, 11) is 1.83. The second-order valence-electron chi connectivity index (χ2n) is 7.54. The molecule has 2 aromatic rings. The number of nitrogens with zero attached hydrogens (tertiary/aromatic N) is 2. The maximum Gasteiger partial charge on any atom is 0.229 e. The number of aromatic nitrogens is 2. The lowest BCUT2D eigenvalue weighted by Gasteiger charge is -2.28. The van der Waals surface area contributed by atoms with Gasteiger partial charge in [0.2, 0.25) is 5.91 Å². The maximum absolute atomic E-state index is 12.7. The van der Waals surface area contributed by atoms with Gasteiger partial charge in [-0.15, -0.1) is 0 Å². The van der Waals surface area contributed by atoms with Crippen molar-refractivity contribution in [2.45, 2.75) is 39.2 Å². The summed E-state index contributed by atoms with van der Waals surface area (Å²) in [6, 6.07) is 9.96. The Morgan fingerprint density at radius 3 is 2.83 bits per heavy atom. The quantitative estimate of drug-likeness (QED) is 0.943. The number of aromatic amines is 1. The minimum Gasteiger partial charge on any atom is -0.492 e. The van der Waals surface area contributed by atoms with Crippen LogP contribution in [0.25, 0.3) is 0 Å². The van der Waals surface area contributed by atoms with Gasteiger partial charge in [0.1, 0.15) is 12.4 Å². The third kappa shape index (κ3) is 3.45. The molecule has 1 aromatic heterocycles. The minimum atomic E-state index is -0.130. The summed E-state index contributed by atoms with van der Waals surface area (Å²) in [6.07, 6.45) is 0.732. The van der Waals surface area contributed by atoms with E-state index in [4.69, 9.17) is 4.74 Å². The topological polar surface area (TPSA) is 58.2 Å². The molecule has 0 aliphatic carbocycles. The summed E-state index contributed by atoms with van der Waals surface area (Å²) in [5.41, 5.74) is 3.06. The molecular formula is C19H25N3O2. The van der Waals surface area contributed by atoms with Crippen LogP contribution in [0.1, 0.15) is 37.7 Å². The van der Waals surface area contributed by atoms with Gasteiger partial charge in [-0.25, -0.2) is 0 Å². The summed E-state index contributed by atoms with van der Waals surface area (Å²) < 4.78 is 5.74. The van der Waals surface area contributed by atoms with Crippen molar-refractivity contribution in [3.8, 4) is 5.75 Å². The summed E-state index contributed by atoms with van der Waals surface area (Å²) in [5, 5.41) is 7.40. The zero-order valence-electron chi connectivity index (χ0n) is 14.8. The lowest BCUT2D eigenvalue weighted by molar-refractivity contribution is -0.136. The van der Waals surface area contributed by atoms with Crippen LogP contribution in [0.4, 0.5) is 0 Å². The third-order valence-corrected chi connectivity index (χ3v) is 4.41. The average molecular weight is 327 g/mol. The molecule has 0 saturated carbocycles. The lowest BCUT2D eigenvalue weighted by Crippen LogP contribution is -2.38. The number of para-hydroxylation sites is 1. The van der Waals surface area contributed by atoms with Gasteiger partial charge < -0.3 is 9.64 Å². The summed E-state index contributed by atoms with van der Waals surface area (Å²) >= 11 is 0. The van der Waals surface area contributed by atoms with Crippen LogP contribution < -0.4 is 4.74 Å². The predicted molar refractivity (Wildman–Crippen MR) is 92.9 cm³/mol. The molecule has 128 valence electrons. The van der Waals surface area contributed by atoms with E-state index in [1.807, 2.05) is 37.4 Å². The van der Waals surface area contributed by atoms with E-state index in [2.05, 4.69) is 31.0 Å². The molecule has 2 heterocycles. The normalized spacial score (nSPS) is 17.1. The predicted octanol–water partition coefficient (Wildman–Crippen LogP) is 2.92. The second-order valence-corrected chi connectivity index (χ2v) is 7.54. The highest BCUT2D eigenvalue weighted by molar-refractivity contribution is 5.79. The minimum absolute atomic E-state index is 0.00174. The molecule has 1 N–H and O–H groups in total. The number of benzene rings is 1. The molecule has 0 saturated heterocycles. The Morgan fingerprint density at radius 2 is 2.12 bits per heavy atom. The molecule has 0 radical (unpaired) electrons. The Bertz CT molecular complexity index is 730. The van der Waals surface area contributed by atoms with Gasteiger partial charge in [-0.05, 0) is 24.1 Å². The number of carbonyl (C=O) groups is 1. The number of nitrogens with one attached hydrogen (secondary N) is 1. The van der Waals surface area contributed by atoms with Gasteiger partial charge in [0, 0.05) is 12.5 Å². The van der Waals surface area contributed by atoms with E-state index in [-0.39, 0.29) is 17.2 Å². The van der Waals surface area contributed by atoms with E-state index < -0.39 is 0 Å². The van der Waals surface area contributed by atoms with Crippen molar-refractivity contribution >= 4 is 5.91 Å². The summed E-state index contributed by atoms with van der Waals surface area (Å²) in [5.74, 6) is 0.874. The average Bonchev–Trinajstić information content (AvgIpc) is 3.02. The van der Waals surface area contributed by atoms with Crippen LogP contribution in [0.2, 0.25) is 0 Å². The van der Waals surface area contributed by atoms with Crippen molar-refractivity contribution < 1.29 is 9.53 Å². The van der Waals surface area contributed by atoms with E-state index in [0.717, 1.165) is 29.1 Å². The molecule has 1 aliphatic heterocycles. The molecule has 0 fully saturated rings. The number of fused-ring (bicyclic) bond motifs is 1. The van der Waals surface area contributed by atoms with Crippen molar-refractivity contribution in [2.24, 2.45) is 5.92 Å². The van der Waals surface area contributed by atoms with E-state index >= 15 is 0 Å². The highest BCUT2D eigenvalue weighted by Crippen LogP contribution is 2.28. The molecule has 1 aliphatic rings. The summed E-state index contributed by atoms with van der Waals surface area (Å²) in [4.78, 5) is 14.5. The molecule has 1 aromatic carbocycles. The molecule has 5 nitrogen and oxygen atoms in total. The van der Waals surface area contributed by atoms with Crippen LogP contribution >= 0.6 is 0 Å². The molecule has 0 bridgehead atoms. The molecule has 24 heavy (non-hydrogen) atoms. The zero-order valence-corrected chi connectivity index (χ0v) is 14.8. The molecule has 3 rings (SSSR count). The Labute approximate surface area is 143 Å². The van der Waals surface area contributed by atoms with Gasteiger partial charge >= 0.3 is 0 Å². The molecule has 0 spiro atoms. The Morgan fingerprint density at radius 1 is 1.38 bits per heavy atom. The van der Waals surface area contributed by atoms with Crippen LogP contribution in [0, 0.1) is 5.92 Å². The van der Waals surface area contributed by atoms with Gasteiger partial charge in [-0.3, -0.25) is 9.89 Å². The number of carbonyl (C=O) groups excluding carboxylic acids is 1. The van der Waals surface area contributed by atoms with Gasteiger partial charge in [-0.2, -0.15) is 5.10 Å². The fourth-order valence-corrected chi connectivity index (χ4v) is 2.96. The molecule has 5 heteroatoms. The van der Waals surface area contributed by atoms with Crippen LogP contribution in [0.15, 0.2) is 30.3 Å². The Hall–Kier alpha value is -2.30. The Balaban J connectivity index is 1.64. The van der Waals surface area contributed by atoms with Crippen molar-refractivity contribution in [1.82, 2.24) is 15.1 Å². The number of ether oxygens (including phenoxy) is 1. The smallest absolute Gasteiger partial charge is 0.229 e. The fourth-order valence-electron chi connectivity index (χ4n) is 2.96. The molecule has 1 atom stereocenters. The van der Waals surface area contributed by atoms with E-state index in [0.29, 0.717) is 13.2 Å². The first-order valence-electron chi connectivity index (χ1n) is 8.35. The first kappa shape index (κ1) is 16.6. The number of H-pyrrole nitrogens is 1. The van der Waals surface area contributed by atoms with Crippen molar-refractivity contribution in [3.05, 3.63) is 47.3 Å². The molecular weight excluding hydrogens is 302 g/mol. The van der Waals surface area contributed by atoms with Crippen molar-refractivity contribution in [2.75, 3.05) is 13.7 Å². The number of amides is 1. The van der Waals surface area contributed by atoms with Crippen LogP contribution in [-0.2, 0) is 23.2 Å². The van der Waals surface area contributed by atoms with Gasteiger partial charge in [0.15, 0.2) is 0 Å². The Kier molecular flexibility index (Phi) is 4.35. The van der Waals surface area contributed by atoms with Gasteiger partial charge in [0.05, 0.1) is 23.9 Å². The van der Waals surface area contributed by atoms with Crippen LogP contribution in [-0.4, -0.2) is 34.7 Å². The second kappa shape index (κ2) is 6.30. The standard InChI is InChI=1S/C19H25N3O2/c1-19(2,3)17-10-15(20-21-17)11-22(4)18(23)14-9-13-7-5-6-8-16(13)24-12-14/h5-8,10,14H,9,11-12H2,1-4H3,(H,20,21). The van der Waals surface area contributed by atoms with Gasteiger partial charge in [-0.1, -0.05) is 39.0 Å². The lowest BCUT2D eigenvalue weighted by atomic mass is 9.92. The van der Waals surface area contributed by atoms with Gasteiger partial charge in [0.25, 0.3) is 0 Å². The SMILES string of the molecule is CN(Cc1cc(C(C)(C)C)n[nH]1)C(=O)C1COc2ccccc2C1. The monoisotopic (exact) mass is 327 g/mol. The largest absolute Gasteiger partial charge is 0.492 e. The van der Waals surface area contributed by atoms with Crippen LogP contribution in [0.5, 0.6) is 5.75 Å². The maximum atomic E-state index is 12.7. The van der Waals surface area contributed by atoms with E-state index in [1.54, 1.807) is 4.90 Å². The highest BCUT2D eigenvalue weighted by Gasteiger charge is 2.28. The third-order valence-electron chi connectivity index (χ3n) is 4.41. The molecule has 1 amide bonds. The first-order chi connectivity index (χ1) is 11.3. The van der Waals surface area contributed by atoms with Crippen molar-refractivity contribution in [1.29, 1.82) is 0 Å². The first-order valence-corrected chi connectivity index (χ1v) is 8.35. The van der Waals surface area contributed by atoms with Crippen LogP contribution in [0.3, 0.4) is 0 Å². The number of hydrogen-bond donors (Lipinski definition) is 1. The fraction of sp³-hybridized carbons (Fsp3) is 0.474. The van der Waals surface area contributed by atoms with Crippen molar-refractivity contribution in [3.63, 3.8) is 0 Å². The highest BCUT2D eigenvalue weighted by atomic mass is 16.5. The van der Waals surface area contributed by atoms with E-state index in [9.17, 15) is 4.79 Å². The van der Waals surface area contributed by atoms with E-state index in [1.165, 1.54) is 0 Å². The number of hydrogen-bond acceptors (Lipinski definition) is 3. The number of rotatable bonds is 3. The zero-order chi connectivity index (χ0) is 17.3. The summed E-state index contributed by atoms with van der Waals surface area (Å²) in [6.45, 7) is 7.34.